The fraction of sp³-hybridized carbons (Fsp3) is 0.833. The van der Waals surface area contributed by atoms with Gasteiger partial charge in [0.2, 0.25) is 0 Å². The van der Waals surface area contributed by atoms with Gasteiger partial charge in [-0.1, -0.05) is 0 Å². The van der Waals surface area contributed by atoms with E-state index in [1.807, 2.05) is 0 Å². The Bertz CT molecular complexity index is 861. The molecule has 22 heteroatoms. The molecule has 0 amide bonds. The summed E-state index contributed by atoms with van der Waals surface area (Å²) in [5, 5.41) is -3.66. The van der Waals surface area contributed by atoms with Gasteiger partial charge in [0.1, 0.15) is 10.1 Å². The van der Waals surface area contributed by atoms with Gasteiger partial charge in [-0.25, -0.2) is 8.42 Å². The largest absolute Gasteiger partial charge is 0.747 e. The molecule has 0 aliphatic rings. The molecular weight excluding hydrogens is 554 g/mol. The zero-order valence-electron chi connectivity index (χ0n) is 15.3. The Morgan fingerprint density at radius 1 is 0.676 bits per heavy atom. The van der Waals surface area contributed by atoms with Crippen molar-refractivity contribution in [1.29, 1.82) is 0 Å². The van der Waals surface area contributed by atoms with Gasteiger partial charge >= 0.3 is 48.0 Å². The maximum Gasteiger partial charge on any atom is 0.460 e. The molecular formula is C12H7F14O7S-. The van der Waals surface area contributed by atoms with Crippen LogP contribution in [0.2, 0.25) is 0 Å². The number of alkyl halides is 14. The molecule has 0 aromatic rings. The Labute approximate surface area is 177 Å². The predicted molar refractivity (Wildman–Crippen MR) is 71.9 cm³/mol. The van der Waals surface area contributed by atoms with Gasteiger partial charge in [-0.2, -0.15) is 61.5 Å². The van der Waals surface area contributed by atoms with E-state index in [1.54, 1.807) is 0 Å². The molecule has 0 aliphatic heterocycles. The van der Waals surface area contributed by atoms with E-state index in [4.69, 9.17) is 0 Å². The first-order valence-corrected chi connectivity index (χ1v) is 9.00. The van der Waals surface area contributed by atoms with Crippen molar-refractivity contribution in [2.24, 2.45) is 0 Å². The second-order valence-electron chi connectivity index (χ2n) is 6.01. The SMILES string of the molecule is O=C(CC(C(=O)OCC(F)(F)C(F)(F)C(F)(F)F)S(=O)(=O)[O-])OCC(F)(F)C(F)(F)C(F)(F)F. The lowest BCUT2D eigenvalue weighted by molar-refractivity contribution is -0.360. The van der Waals surface area contributed by atoms with E-state index in [9.17, 15) is 84.0 Å². The summed E-state index contributed by atoms with van der Waals surface area (Å²) in [5.74, 6) is -31.7. The molecule has 7 nitrogen and oxygen atoms in total. The van der Waals surface area contributed by atoms with Crippen LogP contribution in [0.25, 0.3) is 0 Å². The van der Waals surface area contributed by atoms with Crippen molar-refractivity contribution in [1.82, 2.24) is 0 Å². The number of rotatable bonds is 10. The summed E-state index contributed by atoms with van der Waals surface area (Å²) in [7, 11) is -6.29. The van der Waals surface area contributed by atoms with Crippen LogP contribution in [-0.4, -0.2) is 79.4 Å². The summed E-state index contributed by atoms with van der Waals surface area (Å²) in [4.78, 5) is 22.6. The molecule has 1 atom stereocenters. The van der Waals surface area contributed by atoms with E-state index in [0.717, 1.165) is 0 Å². The maximum atomic E-state index is 13.0. The Morgan fingerprint density at radius 3 is 1.29 bits per heavy atom. The molecule has 0 saturated heterocycles. The molecule has 34 heavy (non-hydrogen) atoms. The van der Waals surface area contributed by atoms with Crippen molar-refractivity contribution in [3.63, 3.8) is 0 Å². The summed E-state index contributed by atoms with van der Waals surface area (Å²) in [5.41, 5.74) is 0. The molecule has 0 fully saturated rings. The van der Waals surface area contributed by atoms with Crippen LogP contribution < -0.4 is 0 Å². The van der Waals surface area contributed by atoms with Crippen LogP contribution in [0.4, 0.5) is 61.5 Å². The number of hydrogen-bond acceptors (Lipinski definition) is 7. The number of ether oxygens (including phenoxy) is 2. The second-order valence-corrected chi connectivity index (χ2v) is 7.56. The zero-order chi connectivity index (χ0) is 27.8. The molecule has 0 aromatic heterocycles. The van der Waals surface area contributed by atoms with E-state index in [1.165, 1.54) is 0 Å². The summed E-state index contributed by atoms with van der Waals surface area (Å²) in [6.07, 6.45) is -16.2. The van der Waals surface area contributed by atoms with Crippen LogP contribution in [0.3, 0.4) is 0 Å². The van der Waals surface area contributed by atoms with E-state index in [-0.39, 0.29) is 0 Å². The summed E-state index contributed by atoms with van der Waals surface area (Å²) >= 11 is 0. The highest BCUT2D eigenvalue weighted by molar-refractivity contribution is 7.87. The standard InChI is InChI=1S/C12H8F14O7S/c13-7(14,9(17,18)11(21,22)23)2-32-5(27)1-4(34(29,30)31)6(28)33-3-8(15,16)10(19,20)12(24,25)26/h4H,1-3H2,(H,29,30,31)/p-1. The fourth-order valence-corrected chi connectivity index (χ4v) is 2.18. The molecule has 0 aliphatic carbocycles. The van der Waals surface area contributed by atoms with Crippen molar-refractivity contribution in [2.75, 3.05) is 13.2 Å². The topological polar surface area (TPSA) is 110 Å². The van der Waals surface area contributed by atoms with Gasteiger partial charge in [-0.05, 0) is 0 Å². The summed E-state index contributed by atoms with van der Waals surface area (Å²) in [6, 6.07) is 0. The van der Waals surface area contributed by atoms with Crippen LogP contribution in [-0.2, 0) is 29.2 Å². The van der Waals surface area contributed by atoms with Crippen molar-refractivity contribution in [3.05, 3.63) is 0 Å². The number of carbonyl (C=O) groups excluding carboxylic acids is 2. The molecule has 0 bridgehead atoms. The van der Waals surface area contributed by atoms with E-state index < -0.39 is 83.0 Å². The minimum atomic E-state index is -6.93. The molecule has 0 spiro atoms. The second kappa shape index (κ2) is 9.49. The van der Waals surface area contributed by atoms with Crippen molar-refractivity contribution >= 4 is 22.1 Å². The maximum absolute atomic E-state index is 13.0. The molecule has 0 radical (unpaired) electrons. The molecule has 1 unspecified atom stereocenters. The van der Waals surface area contributed by atoms with Gasteiger partial charge in [0, 0.05) is 0 Å². The summed E-state index contributed by atoms with van der Waals surface area (Å²) < 4.78 is 213. The van der Waals surface area contributed by atoms with Crippen LogP contribution >= 0.6 is 0 Å². The fourth-order valence-electron chi connectivity index (χ4n) is 1.54. The number of carbonyl (C=O) groups is 2. The van der Waals surface area contributed by atoms with Crippen LogP contribution in [0.15, 0.2) is 0 Å². The third-order valence-electron chi connectivity index (χ3n) is 3.40. The first kappa shape index (κ1) is 31.9. The lowest BCUT2D eigenvalue weighted by Crippen LogP contribution is -2.55. The lowest BCUT2D eigenvalue weighted by atomic mass is 10.1. The number of esters is 2. The Morgan fingerprint density at radius 2 is 1.00 bits per heavy atom. The quantitative estimate of drug-likeness (QED) is 0.229. The van der Waals surface area contributed by atoms with Crippen molar-refractivity contribution < 1.29 is 93.5 Å². The van der Waals surface area contributed by atoms with Crippen LogP contribution in [0, 0.1) is 0 Å². The van der Waals surface area contributed by atoms with E-state index in [2.05, 4.69) is 9.47 Å². The van der Waals surface area contributed by atoms with Gasteiger partial charge in [-0.15, -0.1) is 0 Å². The molecule has 202 valence electrons. The smallest absolute Gasteiger partial charge is 0.460 e. The van der Waals surface area contributed by atoms with Crippen LogP contribution in [0.1, 0.15) is 6.42 Å². The zero-order valence-corrected chi connectivity index (χ0v) is 16.1. The molecule has 0 aromatic carbocycles. The normalized spacial score (nSPS) is 15.6. The molecule has 0 heterocycles. The number of hydrogen-bond donors (Lipinski definition) is 0. The van der Waals surface area contributed by atoms with Gasteiger partial charge in [-0.3, -0.25) is 9.59 Å². The van der Waals surface area contributed by atoms with Crippen molar-refractivity contribution in [3.8, 4) is 0 Å². The van der Waals surface area contributed by atoms with Gasteiger partial charge in [0.15, 0.2) is 18.5 Å². The highest BCUT2D eigenvalue weighted by Gasteiger charge is 2.74. The third kappa shape index (κ3) is 6.95. The predicted octanol–water partition coefficient (Wildman–Crippen LogP) is 3.04. The Kier molecular flexibility index (Phi) is 8.90. The minimum Gasteiger partial charge on any atom is -0.747 e. The average Bonchev–Trinajstić information content (AvgIpc) is 2.59. The highest BCUT2D eigenvalue weighted by atomic mass is 32.2. The summed E-state index contributed by atoms with van der Waals surface area (Å²) in [6.45, 7) is -6.37. The number of halogens is 14. The van der Waals surface area contributed by atoms with E-state index in [0.29, 0.717) is 0 Å². The highest BCUT2D eigenvalue weighted by Crippen LogP contribution is 2.47. The van der Waals surface area contributed by atoms with Gasteiger partial charge in [0.05, 0.1) is 6.42 Å². The first-order valence-electron chi connectivity index (χ1n) is 7.53. The molecule has 0 N–H and O–H groups in total. The van der Waals surface area contributed by atoms with Crippen LogP contribution in [0.5, 0.6) is 0 Å². The lowest BCUT2D eigenvalue weighted by Gasteiger charge is -2.28. The first-order chi connectivity index (χ1) is 14.6. The van der Waals surface area contributed by atoms with Gasteiger partial charge in [0.25, 0.3) is 0 Å². The third-order valence-corrected chi connectivity index (χ3v) is 4.46. The molecule has 0 rings (SSSR count). The van der Waals surface area contributed by atoms with Crippen molar-refractivity contribution in [2.45, 2.75) is 47.7 Å². The average molecular weight is 561 g/mol. The monoisotopic (exact) mass is 561 g/mol. The molecule has 0 saturated carbocycles. The Balaban J connectivity index is 5.45. The van der Waals surface area contributed by atoms with E-state index >= 15 is 0 Å². The minimum absolute atomic E-state index is 2.39. The van der Waals surface area contributed by atoms with Gasteiger partial charge < -0.3 is 14.0 Å². The Hall–Kier alpha value is -2.13.